The minimum atomic E-state index is -0.308. The predicted molar refractivity (Wildman–Crippen MR) is 149 cm³/mol. The van der Waals surface area contributed by atoms with Crippen molar-refractivity contribution in [3.05, 3.63) is 74.4 Å². The van der Waals surface area contributed by atoms with Gasteiger partial charge in [0, 0.05) is 43.3 Å². The maximum atomic E-state index is 13.3. The van der Waals surface area contributed by atoms with E-state index in [4.69, 9.17) is 0 Å². The Morgan fingerprint density at radius 2 is 1.82 bits per heavy atom. The lowest BCUT2D eigenvalue weighted by Crippen LogP contribution is -2.43. The third kappa shape index (κ3) is 5.44. The standard InChI is InChI=1S/C30H36N4O4/c1-19(2)34-26-12-11-24(16-25(26)28(36)33(30(34)38)18-21-9-10-21)31-29(37)32-13-5-7-22(17-32)15-27(35)23-8-4-6-20(3)14-23/h4,6,8,11-12,14,16,19,21-22H,5,7,9-10,13,15,17-18H2,1-3H3,(H,31,37). The summed E-state index contributed by atoms with van der Waals surface area (Å²) in [5, 5.41) is 3.37. The van der Waals surface area contributed by atoms with Gasteiger partial charge in [-0.3, -0.25) is 18.7 Å². The van der Waals surface area contributed by atoms with Crippen LogP contribution in [0, 0.1) is 18.8 Å². The lowest BCUT2D eigenvalue weighted by Gasteiger charge is -2.32. The highest BCUT2D eigenvalue weighted by Crippen LogP contribution is 2.30. The van der Waals surface area contributed by atoms with E-state index in [2.05, 4.69) is 5.32 Å². The molecule has 1 aromatic heterocycles. The van der Waals surface area contributed by atoms with Gasteiger partial charge in [0.25, 0.3) is 5.56 Å². The van der Waals surface area contributed by atoms with Gasteiger partial charge >= 0.3 is 11.7 Å². The summed E-state index contributed by atoms with van der Waals surface area (Å²) in [5.41, 5.74) is 2.28. The molecule has 3 aromatic rings. The third-order valence-electron chi connectivity index (χ3n) is 7.69. The zero-order valence-electron chi connectivity index (χ0n) is 22.4. The van der Waals surface area contributed by atoms with Crippen LogP contribution in [0.15, 0.2) is 52.1 Å². The number of Topliss-reactive ketones (excluding diaryl/α,β-unsaturated/α-hetero) is 1. The average molecular weight is 517 g/mol. The van der Waals surface area contributed by atoms with E-state index in [0.717, 1.165) is 36.8 Å². The molecule has 2 aliphatic rings. The first-order chi connectivity index (χ1) is 18.2. The molecule has 5 rings (SSSR count). The van der Waals surface area contributed by atoms with Crippen LogP contribution in [-0.2, 0) is 6.54 Å². The molecule has 8 nitrogen and oxygen atoms in total. The van der Waals surface area contributed by atoms with Crippen molar-refractivity contribution in [1.29, 1.82) is 0 Å². The van der Waals surface area contributed by atoms with Crippen molar-refractivity contribution in [2.45, 2.75) is 65.5 Å². The number of likely N-dealkylation sites (tertiary alicyclic amines) is 1. The first kappa shape index (κ1) is 25.9. The summed E-state index contributed by atoms with van der Waals surface area (Å²) in [5.74, 6) is 0.592. The minimum Gasteiger partial charge on any atom is -0.324 e. The summed E-state index contributed by atoms with van der Waals surface area (Å²) in [6.45, 7) is 7.40. The topological polar surface area (TPSA) is 93.4 Å². The fraction of sp³-hybridized carbons (Fsp3) is 0.467. The summed E-state index contributed by atoms with van der Waals surface area (Å²) < 4.78 is 3.01. The number of amides is 2. The number of nitrogens with one attached hydrogen (secondary N) is 1. The van der Waals surface area contributed by atoms with Gasteiger partial charge in [-0.05, 0) is 82.6 Å². The van der Waals surface area contributed by atoms with Crippen molar-refractivity contribution in [2.75, 3.05) is 18.4 Å². The molecule has 1 unspecified atom stereocenters. The Hall–Kier alpha value is -3.68. The molecule has 2 aromatic carbocycles. The van der Waals surface area contributed by atoms with Crippen molar-refractivity contribution in [1.82, 2.24) is 14.0 Å². The van der Waals surface area contributed by atoms with Crippen LogP contribution < -0.4 is 16.6 Å². The van der Waals surface area contributed by atoms with Gasteiger partial charge in [0.1, 0.15) is 0 Å². The van der Waals surface area contributed by atoms with Crippen LogP contribution in [0.25, 0.3) is 10.9 Å². The maximum Gasteiger partial charge on any atom is 0.331 e. The molecule has 2 amide bonds. The molecular weight excluding hydrogens is 480 g/mol. The van der Waals surface area contributed by atoms with Crippen LogP contribution in [0.4, 0.5) is 10.5 Å². The van der Waals surface area contributed by atoms with Gasteiger partial charge in [-0.15, -0.1) is 0 Å². The van der Waals surface area contributed by atoms with E-state index >= 15 is 0 Å². The molecule has 1 saturated heterocycles. The normalized spacial score (nSPS) is 17.7. The molecule has 1 N–H and O–H groups in total. The molecule has 8 heteroatoms. The number of ketones is 1. The molecule has 0 bridgehead atoms. The van der Waals surface area contributed by atoms with Gasteiger partial charge in [0.2, 0.25) is 0 Å². The number of rotatable bonds is 7. The quantitative estimate of drug-likeness (QED) is 0.448. The second-order valence-electron chi connectivity index (χ2n) is 11.2. The molecule has 1 aliphatic carbocycles. The van der Waals surface area contributed by atoms with Gasteiger partial charge in [0.15, 0.2) is 5.78 Å². The predicted octanol–water partition coefficient (Wildman–Crippen LogP) is 4.98. The van der Waals surface area contributed by atoms with Crippen molar-refractivity contribution >= 4 is 28.4 Å². The maximum absolute atomic E-state index is 13.3. The van der Waals surface area contributed by atoms with Gasteiger partial charge in [-0.25, -0.2) is 9.59 Å². The Morgan fingerprint density at radius 3 is 2.53 bits per heavy atom. The van der Waals surface area contributed by atoms with Gasteiger partial charge < -0.3 is 10.2 Å². The Kier molecular flexibility index (Phi) is 7.23. The highest BCUT2D eigenvalue weighted by atomic mass is 16.2. The number of nitrogens with zero attached hydrogens (tertiary/aromatic N) is 3. The molecular formula is C30H36N4O4. The van der Waals surface area contributed by atoms with Crippen LogP contribution in [-0.4, -0.2) is 38.9 Å². The van der Waals surface area contributed by atoms with Gasteiger partial charge in [-0.1, -0.05) is 23.8 Å². The number of fused-ring (bicyclic) bond motifs is 1. The number of carbonyl (C=O) groups is 2. The summed E-state index contributed by atoms with van der Waals surface area (Å²) >= 11 is 0. The van der Waals surface area contributed by atoms with Crippen LogP contribution in [0.3, 0.4) is 0 Å². The van der Waals surface area contributed by atoms with Crippen molar-refractivity contribution in [3.8, 4) is 0 Å². The van der Waals surface area contributed by atoms with Crippen molar-refractivity contribution in [2.24, 2.45) is 11.8 Å². The van der Waals surface area contributed by atoms with Gasteiger partial charge in [-0.2, -0.15) is 0 Å². The number of hydrogen-bond donors (Lipinski definition) is 1. The Morgan fingerprint density at radius 1 is 1.03 bits per heavy atom. The number of carbonyl (C=O) groups excluding carboxylic acids is 2. The molecule has 1 aliphatic heterocycles. The molecule has 200 valence electrons. The molecule has 2 fully saturated rings. The smallest absolute Gasteiger partial charge is 0.324 e. The fourth-order valence-electron chi connectivity index (χ4n) is 5.50. The Bertz CT molecular complexity index is 1500. The number of aryl methyl sites for hydroxylation is 1. The van der Waals surface area contributed by atoms with Crippen LogP contribution >= 0.6 is 0 Å². The van der Waals surface area contributed by atoms with E-state index in [1.54, 1.807) is 27.7 Å². The zero-order valence-corrected chi connectivity index (χ0v) is 22.4. The molecule has 1 saturated carbocycles. The molecule has 0 spiro atoms. The molecule has 1 atom stereocenters. The summed E-state index contributed by atoms with van der Waals surface area (Å²) in [6, 6.07) is 12.4. The van der Waals surface area contributed by atoms with Crippen molar-refractivity contribution < 1.29 is 9.59 Å². The van der Waals surface area contributed by atoms with E-state index in [9.17, 15) is 19.2 Å². The average Bonchev–Trinajstić information content (AvgIpc) is 3.71. The molecule has 38 heavy (non-hydrogen) atoms. The van der Waals surface area contributed by atoms with Crippen LogP contribution in [0.2, 0.25) is 0 Å². The van der Waals surface area contributed by atoms with Gasteiger partial charge in [0.05, 0.1) is 10.9 Å². The SMILES string of the molecule is Cc1cccc(C(=O)CC2CCCN(C(=O)Nc3ccc4c(c3)c(=O)n(CC3CC3)c(=O)n4C(C)C)C2)c1. The van der Waals surface area contributed by atoms with E-state index in [-0.39, 0.29) is 35.0 Å². The number of aromatic nitrogens is 2. The van der Waals surface area contributed by atoms with Crippen LogP contribution in [0.5, 0.6) is 0 Å². The highest BCUT2D eigenvalue weighted by molar-refractivity contribution is 5.96. The second-order valence-corrected chi connectivity index (χ2v) is 11.2. The summed E-state index contributed by atoms with van der Waals surface area (Å²) in [6.07, 6.45) is 4.23. The minimum absolute atomic E-state index is 0.106. The number of anilines is 1. The monoisotopic (exact) mass is 516 g/mol. The first-order valence-electron chi connectivity index (χ1n) is 13.7. The second kappa shape index (κ2) is 10.6. The number of benzene rings is 2. The fourth-order valence-corrected chi connectivity index (χ4v) is 5.50. The molecule has 0 radical (unpaired) electrons. The molecule has 2 heterocycles. The van der Waals surface area contributed by atoms with E-state index in [0.29, 0.717) is 48.6 Å². The van der Waals surface area contributed by atoms with Crippen molar-refractivity contribution in [3.63, 3.8) is 0 Å². The lowest BCUT2D eigenvalue weighted by atomic mass is 9.91. The van der Waals surface area contributed by atoms with E-state index < -0.39 is 0 Å². The Balaban J connectivity index is 1.33. The van der Waals surface area contributed by atoms with E-state index in [1.807, 2.05) is 45.0 Å². The first-order valence-corrected chi connectivity index (χ1v) is 13.7. The van der Waals surface area contributed by atoms with E-state index in [1.165, 1.54) is 4.57 Å². The van der Waals surface area contributed by atoms with Crippen LogP contribution in [0.1, 0.15) is 67.9 Å². The number of urea groups is 1. The third-order valence-corrected chi connectivity index (χ3v) is 7.69. The number of piperidine rings is 1. The Labute approximate surface area is 222 Å². The summed E-state index contributed by atoms with van der Waals surface area (Å²) in [4.78, 5) is 54.2. The lowest BCUT2D eigenvalue weighted by molar-refractivity contribution is 0.0931. The largest absolute Gasteiger partial charge is 0.331 e. The summed E-state index contributed by atoms with van der Waals surface area (Å²) in [7, 11) is 0. The highest BCUT2D eigenvalue weighted by Gasteiger charge is 2.27. The zero-order chi connectivity index (χ0) is 27.0. The number of hydrogen-bond acceptors (Lipinski definition) is 4.